The summed E-state index contributed by atoms with van der Waals surface area (Å²) in [5, 5.41) is 6.38. The number of pyridine rings is 1. The molecule has 0 N–H and O–H groups in total. The second kappa shape index (κ2) is 10.1. The molecule has 11 rings (SSSR count). The van der Waals surface area contributed by atoms with Gasteiger partial charge in [-0.2, -0.15) is 0 Å². The fraction of sp³-hybridized carbons (Fsp3) is 0.0465. The maximum atomic E-state index is 6.92. The van der Waals surface area contributed by atoms with Crippen LogP contribution in [0.5, 0.6) is 11.5 Å². The van der Waals surface area contributed by atoms with Crippen molar-refractivity contribution in [3.63, 3.8) is 0 Å². The predicted octanol–water partition coefficient (Wildman–Crippen LogP) is 11.3. The lowest BCUT2D eigenvalue weighted by Gasteiger charge is -2.21. The number of anilines is 3. The third-order valence-electron chi connectivity index (χ3n) is 10.0. The minimum atomic E-state index is 0.640. The Bertz CT molecular complexity index is 2970. The summed E-state index contributed by atoms with van der Waals surface area (Å²) >= 11 is 0. The Morgan fingerprint density at radius 1 is 0.600 bits per heavy atom. The first-order valence-electron chi connectivity index (χ1n) is 16.7. The Labute approximate surface area is 285 Å². The van der Waals surface area contributed by atoms with Gasteiger partial charge < -0.3 is 23.4 Å². The number of aromatic nitrogens is 2. The van der Waals surface area contributed by atoms with Gasteiger partial charge in [0.1, 0.15) is 28.3 Å². The average Bonchev–Trinajstić information content (AvgIpc) is 3.91. The average molecular weight is 649 g/mol. The molecule has 238 valence electrons. The Kier molecular flexibility index (Phi) is 5.52. The highest BCUT2D eigenvalue weighted by molar-refractivity contribution is 6.26. The number of hydrogen-bond donors (Lipinski definition) is 0. The summed E-state index contributed by atoms with van der Waals surface area (Å²) in [7, 11) is 2.12. The van der Waals surface area contributed by atoms with E-state index in [9.17, 15) is 0 Å². The molecular weight excluding hydrogens is 620 g/mol. The number of rotatable bonds is 4. The smallest absolute Gasteiger partial charge is 0.178 e. The van der Waals surface area contributed by atoms with Gasteiger partial charge in [0.2, 0.25) is 0 Å². The van der Waals surface area contributed by atoms with E-state index in [0.717, 1.165) is 77.3 Å². The summed E-state index contributed by atoms with van der Waals surface area (Å²) in [5.41, 5.74) is 8.60. The quantitative estimate of drug-likeness (QED) is 0.189. The molecule has 7 nitrogen and oxygen atoms in total. The zero-order chi connectivity index (χ0) is 32.9. The molecule has 0 fully saturated rings. The minimum Gasteiger partial charge on any atom is -0.456 e. The topological polar surface area (TPSA) is 59.8 Å². The summed E-state index contributed by atoms with van der Waals surface area (Å²) in [6, 6.07) is 45.7. The van der Waals surface area contributed by atoms with Crippen molar-refractivity contribution in [2.45, 2.75) is 0 Å². The first kappa shape index (κ1) is 27.2. The van der Waals surface area contributed by atoms with Crippen molar-refractivity contribution in [2.24, 2.45) is 0 Å². The largest absolute Gasteiger partial charge is 0.456 e. The maximum Gasteiger partial charge on any atom is 0.178 e. The van der Waals surface area contributed by atoms with E-state index < -0.39 is 0 Å². The summed E-state index contributed by atoms with van der Waals surface area (Å²) in [4.78, 5) is 9.31. The minimum absolute atomic E-state index is 0.640. The van der Waals surface area contributed by atoms with Gasteiger partial charge in [-0.25, -0.2) is 4.98 Å². The van der Waals surface area contributed by atoms with E-state index in [2.05, 4.69) is 106 Å². The first-order valence-corrected chi connectivity index (χ1v) is 16.7. The number of furan rings is 2. The van der Waals surface area contributed by atoms with Crippen LogP contribution in [0.1, 0.15) is 0 Å². The fourth-order valence-electron chi connectivity index (χ4n) is 7.84. The third-order valence-corrected chi connectivity index (χ3v) is 10.0. The Hall–Kier alpha value is -6.73. The first-order chi connectivity index (χ1) is 24.7. The van der Waals surface area contributed by atoms with Gasteiger partial charge in [-0.05, 0) is 66.7 Å². The van der Waals surface area contributed by atoms with E-state index in [1.807, 2.05) is 54.7 Å². The van der Waals surface area contributed by atoms with E-state index in [-0.39, 0.29) is 0 Å². The molecule has 1 aliphatic heterocycles. The summed E-state index contributed by atoms with van der Waals surface area (Å²) in [6.45, 7) is 0.709. The molecule has 0 saturated heterocycles. The number of ether oxygens (including phenoxy) is 1. The van der Waals surface area contributed by atoms with Crippen LogP contribution in [-0.2, 0) is 0 Å². The Morgan fingerprint density at radius 3 is 2.22 bits per heavy atom. The van der Waals surface area contributed by atoms with Crippen LogP contribution in [0.2, 0.25) is 0 Å². The number of fused-ring (bicyclic) bond motifs is 11. The molecule has 0 atom stereocenters. The Balaban J connectivity index is 1.16. The zero-order valence-corrected chi connectivity index (χ0v) is 27.0. The molecule has 50 heavy (non-hydrogen) atoms. The van der Waals surface area contributed by atoms with E-state index >= 15 is 0 Å². The van der Waals surface area contributed by atoms with Gasteiger partial charge in [-0.1, -0.05) is 54.6 Å². The molecule has 0 saturated carbocycles. The molecule has 5 heterocycles. The number of nitrogens with zero attached hydrogens (tertiary/aromatic N) is 4. The molecule has 1 aliphatic rings. The van der Waals surface area contributed by atoms with Crippen LogP contribution in [-0.4, -0.2) is 23.3 Å². The molecule has 0 aliphatic carbocycles. The standard InChI is InChI=1S/C43H28N4O3/c1-45-25-46(34-14-6-5-13-33(34)45)26-22-31-42-38(20-19-37-41(42)30-11-3-7-15-36(30)49-37)50-43(31)39(23-26)48-27-17-18-29-28-10-2-4-12-32(28)47(35(29)24-27)40-16-8-9-21-44-40/h2-24H,25H2,1H3. The number of hydrogen-bond acceptors (Lipinski definition) is 6. The molecule has 7 heteroatoms. The van der Waals surface area contributed by atoms with Crippen molar-refractivity contribution in [1.82, 2.24) is 9.55 Å². The van der Waals surface area contributed by atoms with Crippen LogP contribution >= 0.6 is 0 Å². The number of benzene rings is 6. The Morgan fingerprint density at radius 2 is 1.34 bits per heavy atom. The third kappa shape index (κ3) is 3.83. The summed E-state index contributed by atoms with van der Waals surface area (Å²) in [5.74, 6) is 2.20. The van der Waals surface area contributed by atoms with Gasteiger partial charge in [0, 0.05) is 63.4 Å². The second-order valence-electron chi connectivity index (χ2n) is 12.9. The van der Waals surface area contributed by atoms with Crippen LogP contribution < -0.4 is 14.5 Å². The monoisotopic (exact) mass is 648 g/mol. The highest BCUT2D eigenvalue weighted by Gasteiger charge is 2.27. The van der Waals surface area contributed by atoms with Gasteiger partial charge in [-0.15, -0.1) is 0 Å². The van der Waals surface area contributed by atoms with Crippen molar-refractivity contribution in [3.05, 3.63) is 140 Å². The summed E-state index contributed by atoms with van der Waals surface area (Å²) in [6.07, 6.45) is 1.83. The van der Waals surface area contributed by atoms with Gasteiger partial charge >= 0.3 is 0 Å². The molecule has 0 spiro atoms. The molecular formula is C43H28N4O3. The van der Waals surface area contributed by atoms with Crippen LogP contribution in [0.25, 0.3) is 71.5 Å². The van der Waals surface area contributed by atoms with Crippen LogP contribution in [0.15, 0.2) is 148 Å². The van der Waals surface area contributed by atoms with Gasteiger partial charge in [0.25, 0.3) is 0 Å². The van der Waals surface area contributed by atoms with Gasteiger partial charge in [0.05, 0.1) is 29.1 Å². The molecule has 0 radical (unpaired) electrons. The maximum absolute atomic E-state index is 6.92. The lowest BCUT2D eigenvalue weighted by molar-refractivity contribution is 0.477. The van der Waals surface area contributed by atoms with Crippen LogP contribution in [0.4, 0.5) is 17.1 Å². The zero-order valence-electron chi connectivity index (χ0n) is 27.0. The van der Waals surface area contributed by atoms with Crippen molar-refractivity contribution in [3.8, 4) is 17.3 Å². The van der Waals surface area contributed by atoms with Crippen LogP contribution in [0.3, 0.4) is 0 Å². The predicted molar refractivity (Wildman–Crippen MR) is 201 cm³/mol. The molecule has 0 amide bonds. The highest BCUT2D eigenvalue weighted by atomic mass is 16.5. The second-order valence-corrected chi connectivity index (χ2v) is 12.9. The highest BCUT2D eigenvalue weighted by Crippen LogP contribution is 2.48. The van der Waals surface area contributed by atoms with Crippen LogP contribution in [0, 0.1) is 0 Å². The van der Waals surface area contributed by atoms with Crippen molar-refractivity contribution in [2.75, 3.05) is 23.5 Å². The van der Waals surface area contributed by atoms with Crippen molar-refractivity contribution < 1.29 is 13.6 Å². The van der Waals surface area contributed by atoms with Gasteiger partial charge in [-0.3, -0.25) is 4.57 Å². The normalized spacial score (nSPS) is 13.1. The van der Waals surface area contributed by atoms with E-state index in [4.69, 9.17) is 18.6 Å². The molecule has 6 aromatic carbocycles. The molecule has 0 bridgehead atoms. The van der Waals surface area contributed by atoms with Gasteiger partial charge in [0.15, 0.2) is 11.3 Å². The molecule has 0 unspecified atom stereocenters. The van der Waals surface area contributed by atoms with E-state index in [0.29, 0.717) is 23.8 Å². The molecule has 4 aromatic heterocycles. The molecule has 10 aromatic rings. The summed E-state index contributed by atoms with van der Waals surface area (Å²) < 4.78 is 22.1. The van der Waals surface area contributed by atoms with Crippen molar-refractivity contribution >= 4 is 82.7 Å². The van der Waals surface area contributed by atoms with E-state index in [1.54, 1.807) is 0 Å². The van der Waals surface area contributed by atoms with E-state index in [1.165, 1.54) is 5.69 Å². The number of para-hydroxylation sites is 4. The fourth-order valence-corrected chi connectivity index (χ4v) is 7.84. The lowest BCUT2D eigenvalue weighted by atomic mass is 10.0. The SMILES string of the molecule is CN1CN(c2cc(Oc3ccc4c5ccccc5n(-c5ccccn5)c4c3)c3oc4ccc5oc6ccccc6c5c4c3c2)c2ccccc21. The lowest BCUT2D eigenvalue weighted by Crippen LogP contribution is -2.23. The van der Waals surface area contributed by atoms with Crippen molar-refractivity contribution in [1.29, 1.82) is 0 Å².